The number of aromatic amines is 1. The first-order valence-electron chi connectivity index (χ1n) is 9.39. The minimum Gasteiger partial charge on any atom is -0.362 e. The summed E-state index contributed by atoms with van der Waals surface area (Å²) in [5.41, 5.74) is 2.81. The molecule has 1 unspecified atom stereocenters. The van der Waals surface area contributed by atoms with E-state index in [0.29, 0.717) is 24.7 Å². The SMILES string of the molecule is CC(CNC(=O)C#Cc1ccccc1)CNC(=S)NCc1ccnc2[nH]ccc12. The Kier molecular flexibility index (Phi) is 7.20. The first kappa shape index (κ1) is 20.4. The van der Waals surface area contributed by atoms with Gasteiger partial charge >= 0.3 is 0 Å². The second-order valence-electron chi connectivity index (χ2n) is 6.70. The molecule has 0 bridgehead atoms. The van der Waals surface area contributed by atoms with Gasteiger partial charge in [0.05, 0.1) is 0 Å². The molecule has 29 heavy (non-hydrogen) atoms. The Morgan fingerprint density at radius 3 is 2.76 bits per heavy atom. The molecule has 1 aromatic carbocycles. The Hall–Kier alpha value is -3.37. The summed E-state index contributed by atoms with van der Waals surface area (Å²) in [6.07, 6.45) is 3.65. The summed E-state index contributed by atoms with van der Waals surface area (Å²) in [7, 11) is 0. The molecule has 3 aromatic rings. The zero-order chi connectivity index (χ0) is 20.5. The van der Waals surface area contributed by atoms with E-state index in [1.165, 1.54) is 0 Å². The highest BCUT2D eigenvalue weighted by Gasteiger charge is 2.06. The van der Waals surface area contributed by atoms with Crippen LogP contribution in [0.5, 0.6) is 0 Å². The average molecular weight is 406 g/mol. The summed E-state index contributed by atoms with van der Waals surface area (Å²) in [5.74, 6) is 5.37. The Balaban J connectivity index is 1.36. The quantitative estimate of drug-likeness (QED) is 0.374. The van der Waals surface area contributed by atoms with E-state index in [0.717, 1.165) is 22.2 Å². The number of thiocarbonyl (C=S) groups is 1. The van der Waals surface area contributed by atoms with Crippen LogP contribution in [0.15, 0.2) is 54.9 Å². The molecule has 0 aliphatic heterocycles. The molecule has 0 spiro atoms. The van der Waals surface area contributed by atoms with Gasteiger partial charge in [0.2, 0.25) is 0 Å². The first-order chi connectivity index (χ1) is 14.1. The number of carbonyl (C=O) groups is 1. The second-order valence-corrected chi connectivity index (χ2v) is 7.11. The molecule has 2 aromatic heterocycles. The number of hydrogen-bond donors (Lipinski definition) is 4. The van der Waals surface area contributed by atoms with E-state index in [-0.39, 0.29) is 11.8 Å². The van der Waals surface area contributed by atoms with Crippen LogP contribution in [0.1, 0.15) is 18.1 Å². The molecule has 0 saturated carbocycles. The largest absolute Gasteiger partial charge is 0.362 e. The molecule has 6 nitrogen and oxygen atoms in total. The Labute approximate surface area is 175 Å². The minimum atomic E-state index is -0.283. The molecule has 0 aliphatic carbocycles. The summed E-state index contributed by atoms with van der Waals surface area (Å²) < 4.78 is 0. The third-order valence-electron chi connectivity index (χ3n) is 4.31. The highest BCUT2D eigenvalue weighted by molar-refractivity contribution is 7.80. The number of pyridine rings is 1. The number of nitrogens with zero attached hydrogens (tertiary/aromatic N) is 1. The van der Waals surface area contributed by atoms with Crippen molar-refractivity contribution in [2.24, 2.45) is 5.92 Å². The highest BCUT2D eigenvalue weighted by atomic mass is 32.1. The van der Waals surface area contributed by atoms with Crippen LogP contribution >= 0.6 is 12.2 Å². The number of carbonyl (C=O) groups excluding carboxylic acids is 1. The monoisotopic (exact) mass is 405 g/mol. The van der Waals surface area contributed by atoms with E-state index in [9.17, 15) is 4.79 Å². The first-order valence-corrected chi connectivity index (χ1v) is 9.80. The molecule has 1 amide bonds. The van der Waals surface area contributed by atoms with Crippen molar-refractivity contribution in [3.05, 3.63) is 66.0 Å². The van der Waals surface area contributed by atoms with Gasteiger partial charge < -0.3 is 20.9 Å². The van der Waals surface area contributed by atoms with Gasteiger partial charge in [0.15, 0.2) is 5.11 Å². The van der Waals surface area contributed by atoms with Crippen molar-refractivity contribution in [3.63, 3.8) is 0 Å². The van der Waals surface area contributed by atoms with Crippen molar-refractivity contribution in [2.75, 3.05) is 13.1 Å². The van der Waals surface area contributed by atoms with Crippen molar-refractivity contribution in [1.29, 1.82) is 0 Å². The van der Waals surface area contributed by atoms with Gasteiger partial charge in [-0.15, -0.1) is 0 Å². The lowest BCUT2D eigenvalue weighted by atomic mass is 10.2. The lowest BCUT2D eigenvalue weighted by Crippen LogP contribution is -2.39. The molecular formula is C22H23N5OS. The van der Waals surface area contributed by atoms with Gasteiger partial charge in [-0.05, 0) is 48.0 Å². The molecule has 7 heteroatoms. The van der Waals surface area contributed by atoms with E-state index in [1.807, 2.05) is 55.6 Å². The third-order valence-corrected chi connectivity index (χ3v) is 4.59. The number of rotatable bonds is 6. The maximum atomic E-state index is 11.9. The van der Waals surface area contributed by atoms with Crippen molar-refractivity contribution in [3.8, 4) is 11.8 Å². The highest BCUT2D eigenvalue weighted by Crippen LogP contribution is 2.14. The van der Waals surface area contributed by atoms with Gasteiger partial charge in [0, 0.05) is 48.9 Å². The maximum absolute atomic E-state index is 11.9. The number of hydrogen-bond acceptors (Lipinski definition) is 3. The molecule has 0 saturated heterocycles. The van der Waals surface area contributed by atoms with Crippen molar-refractivity contribution in [1.82, 2.24) is 25.9 Å². The van der Waals surface area contributed by atoms with Crippen LogP contribution in [0.4, 0.5) is 0 Å². The Bertz CT molecular complexity index is 1040. The van der Waals surface area contributed by atoms with E-state index in [4.69, 9.17) is 12.2 Å². The summed E-state index contributed by atoms with van der Waals surface area (Å²) in [6.45, 7) is 3.82. The molecule has 0 fully saturated rings. The summed E-state index contributed by atoms with van der Waals surface area (Å²) in [6, 6.07) is 13.4. The number of fused-ring (bicyclic) bond motifs is 1. The van der Waals surface area contributed by atoms with Gasteiger partial charge in [-0.2, -0.15) is 0 Å². The molecule has 148 valence electrons. The van der Waals surface area contributed by atoms with Gasteiger partial charge in [-0.3, -0.25) is 4.79 Å². The Morgan fingerprint density at radius 1 is 1.14 bits per heavy atom. The van der Waals surface area contributed by atoms with Crippen LogP contribution in [0, 0.1) is 17.8 Å². The van der Waals surface area contributed by atoms with Crippen molar-refractivity contribution < 1.29 is 4.79 Å². The van der Waals surface area contributed by atoms with Crippen molar-refractivity contribution in [2.45, 2.75) is 13.5 Å². The average Bonchev–Trinajstić information content (AvgIpc) is 3.23. The van der Waals surface area contributed by atoms with Gasteiger partial charge in [-0.25, -0.2) is 4.98 Å². The van der Waals surface area contributed by atoms with E-state index in [2.05, 4.69) is 37.8 Å². The molecule has 0 radical (unpaired) electrons. The topological polar surface area (TPSA) is 81.8 Å². The summed E-state index contributed by atoms with van der Waals surface area (Å²) in [4.78, 5) is 19.2. The predicted molar refractivity (Wildman–Crippen MR) is 119 cm³/mol. The number of amides is 1. The normalized spacial score (nSPS) is 11.2. The van der Waals surface area contributed by atoms with Gasteiger partial charge in [-0.1, -0.05) is 31.0 Å². The molecule has 4 N–H and O–H groups in total. The van der Waals surface area contributed by atoms with Crippen LogP contribution in [-0.4, -0.2) is 34.1 Å². The van der Waals surface area contributed by atoms with Crippen molar-refractivity contribution >= 4 is 34.3 Å². The Morgan fingerprint density at radius 2 is 1.93 bits per heavy atom. The fraction of sp³-hybridized carbons (Fsp3) is 0.227. The molecule has 2 heterocycles. The number of aromatic nitrogens is 2. The maximum Gasteiger partial charge on any atom is 0.296 e. The molecule has 1 atom stereocenters. The summed E-state index contributed by atoms with van der Waals surface area (Å²) >= 11 is 5.35. The fourth-order valence-electron chi connectivity index (χ4n) is 2.71. The summed E-state index contributed by atoms with van der Waals surface area (Å²) in [5, 5.41) is 10.9. The lowest BCUT2D eigenvalue weighted by Gasteiger charge is -2.15. The van der Waals surface area contributed by atoms with Crippen LogP contribution < -0.4 is 16.0 Å². The molecule has 3 rings (SSSR count). The van der Waals surface area contributed by atoms with Crippen LogP contribution in [0.2, 0.25) is 0 Å². The number of H-pyrrole nitrogens is 1. The third kappa shape index (κ3) is 6.33. The predicted octanol–water partition coefficient (Wildman–Crippen LogP) is 2.33. The van der Waals surface area contributed by atoms with E-state index in [1.54, 1.807) is 6.20 Å². The van der Waals surface area contributed by atoms with Gasteiger partial charge in [0.1, 0.15) is 5.65 Å². The standard InChI is InChI=1S/C22H23N5OS/c1-16(13-25-20(28)8-7-17-5-3-2-4-6-17)14-26-22(29)27-15-18-9-11-23-21-19(18)10-12-24-21/h2-6,9-12,16H,13-15H2,1H3,(H,23,24)(H,25,28)(H2,26,27,29). The number of nitrogens with one attached hydrogen (secondary N) is 4. The zero-order valence-electron chi connectivity index (χ0n) is 16.2. The molecular weight excluding hydrogens is 382 g/mol. The van der Waals surface area contributed by atoms with Crippen LogP contribution in [0.25, 0.3) is 11.0 Å². The lowest BCUT2D eigenvalue weighted by molar-refractivity contribution is -0.115. The van der Waals surface area contributed by atoms with E-state index >= 15 is 0 Å². The minimum absolute atomic E-state index is 0.203. The smallest absolute Gasteiger partial charge is 0.296 e. The number of benzene rings is 1. The van der Waals surface area contributed by atoms with Gasteiger partial charge in [0.25, 0.3) is 5.91 Å². The molecule has 0 aliphatic rings. The van der Waals surface area contributed by atoms with Crippen LogP contribution in [0.3, 0.4) is 0 Å². The second kappa shape index (κ2) is 10.2. The fourth-order valence-corrected chi connectivity index (χ4v) is 2.87. The zero-order valence-corrected chi connectivity index (χ0v) is 17.0. The van der Waals surface area contributed by atoms with E-state index < -0.39 is 0 Å². The van der Waals surface area contributed by atoms with Crippen LogP contribution in [-0.2, 0) is 11.3 Å².